The standard InChI is InChI=1S/C21H19F3N2O2/c1-13-20(14(2)26(25-13)12-19(27)28)18-9-4-3-7-16(18)10-15-6-5-8-17(11-15)21(22,23)24/h3-9,11H,10,12H2,1-2H3,(H,27,28). The smallest absolute Gasteiger partial charge is 0.416 e. The van der Waals surface area contributed by atoms with E-state index < -0.39 is 17.7 Å². The molecule has 0 saturated heterocycles. The third-order valence-electron chi connectivity index (χ3n) is 4.60. The van der Waals surface area contributed by atoms with Crippen LogP contribution in [0.5, 0.6) is 0 Å². The van der Waals surface area contributed by atoms with Crippen molar-refractivity contribution in [3.63, 3.8) is 0 Å². The Bertz CT molecular complexity index is 1020. The predicted molar refractivity (Wildman–Crippen MR) is 99.0 cm³/mol. The maximum atomic E-state index is 13.0. The Balaban J connectivity index is 2.02. The summed E-state index contributed by atoms with van der Waals surface area (Å²) in [7, 11) is 0. The maximum Gasteiger partial charge on any atom is 0.416 e. The van der Waals surface area contributed by atoms with Gasteiger partial charge in [-0.2, -0.15) is 18.3 Å². The molecular formula is C21H19F3N2O2. The van der Waals surface area contributed by atoms with Crippen LogP contribution in [0.2, 0.25) is 0 Å². The van der Waals surface area contributed by atoms with Crippen LogP contribution in [0.15, 0.2) is 48.5 Å². The fraction of sp³-hybridized carbons (Fsp3) is 0.238. The molecule has 0 aliphatic rings. The van der Waals surface area contributed by atoms with E-state index in [2.05, 4.69) is 5.10 Å². The molecule has 0 aliphatic carbocycles. The van der Waals surface area contributed by atoms with Crippen molar-refractivity contribution in [1.82, 2.24) is 9.78 Å². The molecule has 3 aromatic rings. The van der Waals surface area contributed by atoms with E-state index in [1.165, 1.54) is 10.7 Å². The maximum absolute atomic E-state index is 13.0. The molecule has 0 amide bonds. The van der Waals surface area contributed by atoms with Crippen molar-refractivity contribution < 1.29 is 23.1 Å². The number of rotatable bonds is 5. The van der Waals surface area contributed by atoms with Gasteiger partial charge < -0.3 is 5.11 Å². The van der Waals surface area contributed by atoms with Crippen LogP contribution in [-0.4, -0.2) is 20.9 Å². The quantitative estimate of drug-likeness (QED) is 0.679. The SMILES string of the molecule is Cc1nn(CC(=O)O)c(C)c1-c1ccccc1Cc1cccc(C(F)(F)F)c1. The molecule has 1 N–H and O–H groups in total. The Morgan fingerprint density at radius 3 is 2.50 bits per heavy atom. The van der Waals surface area contributed by atoms with Crippen LogP contribution in [-0.2, 0) is 23.9 Å². The average Bonchev–Trinajstić information content (AvgIpc) is 2.88. The molecule has 0 radical (unpaired) electrons. The zero-order valence-corrected chi connectivity index (χ0v) is 15.4. The molecule has 0 spiro atoms. The predicted octanol–water partition coefficient (Wildman–Crippen LogP) is 4.86. The number of hydrogen-bond donors (Lipinski definition) is 1. The number of carboxylic acid groups (broad SMARTS) is 1. The Morgan fingerprint density at radius 1 is 1.11 bits per heavy atom. The van der Waals surface area contributed by atoms with Gasteiger partial charge in [-0.1, -0.05) is 42.5 Å². The first-order valence-electron chi connectivity index (χ1n) is 8.67. The number of alkyl halides is 3. The summed E-state index contributed by atoms with van der Waals surface area (Å²) in [5.41, 5.74) is 3.75. The van der Waals surface area contributed by atoms with Crippen molar-refractivity contribution >= 4 is 5.97 Å². The molecule has 28 heavy (non-hydrogen) atoms. The summed E-state index contributed by atoms with van der Waals surface area (Å²) >= 11 is 0. The lowest BCUT2D eigenvalue weighted by atomic mass is 9.93. The second-order valence-electron chi connectivity index (χ2n) is 6.63. The van der Waals surface area contributed by atoms with Crippen molar-refractivity contribution in [3.05, 3.63) is 76.6 Å². The number of aromatic nitrogens is 2. The third-order valence-corrected chi connectivity index (χ3v) is 4.60. The first-order chi connectivity index (χ1) is 13.2. The fourth-order valence-electron chi connectivity index (χ4n) is 3.36. The van der Waals surface area contributed by atoms with Gasteiger partial charge in [0.1, 0.15) is 6.54 Å². The fourth-order valence-corrected chi connectivity index (χ4v) is 3.36. The highest BCUT2D eigenvalue weighted by atomic mass is 19.4. The molecule has 0 unspecified atom stereocenters. The summed E-state index contributed by atoms with van der Waals surface area (Å²) in [5, 5.41) is 13.4. The average molecular weight is 388 g/mol. The van der Waals surface area contributed by atoms with E-state index in [9.17, 15) is 18.0 Å². The largest absolute Gasteiger partial charge is 0.480 e. The molecule has 0 bridgehead atoms. The van der Waals surface area contributed by atoms with Gasteiger partial charge in [0, 0.05) is 11.3 Å². The summed E-state index contributed by atoms with van der Waals surface area (Å²) in [5.74, 6) is -0.991. The number of halogens is 3. The molecule has 0 atom stereocenters. The van der Waals surface area contributed by atoms with Crippen LogP contribution in [0.1, 0.15) is 28.1 Å². The molecule has 1 heterocycles. The number of hydrogen-bond acceptors (Lipinski definition) is 2. The third kappa shape index (κ3) is 4.08. The van der Waals surface area contributed by atoms with Gasteiger partial charge in [-0.25, -0.2) is 0 Å². The van der Waals surface area contributed by atoms with E-state index in [0.29, 0.717) is 23.4 Å². The van der Waals surface area contributed by atoms with Crippen LogP contribution >= 0.6 is 0 Å². The van der Waals surface area contributed by atoms with Gasteiger partial charge in [0.15, 0.2) is 0 Å². The summed E-state index contributed by atoms with van der Waals surface area (Å²) in [6, 6.07) is 12.7. The minimum Gasteiger partial charge on any atom is -0.480 e. The number of aryl methyl sites for hydroxylation is 1. The van der Waals surface area contributed by atoms with E-state index >= 15 is 0 Å². The highest BCUT2D eigenvalue weighted by Gasteiger charge is 2.30. The van der Waals surface area contributed by atoms with Crippen LogP contribution in [0.4, 0.5) is 13.2 Å². The van der Waals surface area contributed by atoms with Crippen LogP contribution in [0.3, 0.4) is 0 Å². The van der Waals surface area contributed by atoms with Crippen LogP contribution in [0.25, 0.3) is 11.1 Å². The summed E-state index contributed by atoms with van der Waals surface area (Å²) in [4.78, 5) is 11.0. The molecule has 7 heteroatoms. The molecule has 1 aromatic heterocycles. The number of carbonyl (C=O) groups is 1. The first-order valence-corrected chi connectivity index (χ1v) is 8.67. The van der Waals surface area contributed by atoms with Crippen LogP contribution < -0.4 is 0 Å². The number of nitrogens with zero attached hydrogens (tertiary/aromatic N) is 2. The molecule has 0 fully saturated rings. The van der Waals surface area contributed by atoms with E-state index in [0.717, 1.165) is 28.8 Å². The van der Waals surface area contributed by atoms with Gasteiger partial charge in [-0.15, -0.1) is 0 Å². The molecule has 3 rings (SSSR count). The van der Waals surface area contributed by atoms with Crippen molar-refractivity contribution in [2.45, 2.75) is 33.0 Å². The van der Waals surface area contributed by atoms with E-state index in [-0.39, 0.29) is 6.54 Å². The molecule has 4 nitrogen and oxygen atoms in total. The Kier molecular flexibility index (Phi) is 5.27. The molecule has 0 saturated carbocycles. The van der Waals surface area contributed by atoms with E-state index in [1.54, 1.807) is 19.9 Å². The zero-order chi connectivity index (χ0) is 20.5. The highest BCUT2D eigenvalue weighted by molar-refractivity contribution is 5.73. The van der Waals surface area contributed by atoms with Gasteiger partial charge in [0.05, 0.1) is 11.3 Å². The number of carboxylic acids is 1. The van der Waals surface area contributed by atoms with E-state index in [1.807, 2.05) is 24.3 Å². The Morgan fingerprint density at radius 2 is 1.82 bits per heavy atom. The van der Waals surface area contributed by atoms with Gasteiger partial charge in [0.25, 0.3) is 0 Å². The van der Waals surface area contributed by atoms with E-state index in [4.69, 9.17) is 5.11 Å². The van der Waals surface area contributed by atoms with Crippen molar-refractivity contribution in [3.8, 4) is 11.1 Å². The monoisotopic (exact) mass is 388 g/mol. The lowest BCUT2D eigenvalue weighted by molar-refractivity contribution is -0.138. The minimum absolute atomic E-state index is 0.248. The molecule has 0 aliphatic heterocycles. The van der Waals surface area contributed by atoms with Crippen molar-refractivity contribution in [2.75, 3.05) is 0 Å². The molecule has 146 valence electrons. The first kappa shape index (κ1) is 19.7. The topological polar surface area (TPSA) is 55.1 Å². The Labute approximate surface area is 160 Å². The van der Waals surface area contributed by atoms with Gasteiger partial charge >= 0.3 is 12.1 Å². The molecular weight excluding hydrogens is 369 g/mol. The van der Waals surface area contributed by atoms with Crippen LogP contribution in [0, 0.1) is 13.8 Å². The summed E-state index contributed by atoms with van der Waals surface area (Å²) in [6.45, 7) is 3.34. The minimum atomic E-state index is -4.39. The van der Waals surface area contributed by atoms with Crippen molar-refractivity contribution in [1.29, 1.82) is 0 Å². The summed E-state index contributed by atoms with van der Waals surface area (Å²) < 4.78 is 40.4. The normalized spacial score (nSPS) is 11.6. The zero-order valence-electron chi connectivity index (χ0n) is 15.4. The lowest BCUT2D eigenvalue weighted by Crippen LogP contribution is -2.11. The highest BCUT2D eigenvalue weighted by Crippen LogP contribution is 2.33. The second kappa shape index (κ2) is 7.50. The van der Waals surface area contributed by atoms with Gasteiger partial charge in [0.2, 0.25) is 0 Å². The lowest BCUT2D eigenvalue weighted by Gasteiger charge is -2.12. The summed E-state index contributed by atoms with van der Waals surface area (Å²) in [6.07, 6.45) is -4.07. The number of aliphatic carboxylic acids is 1. The second-order valence-corrected chi connectivity index (χ2v) is 6.63. The van der Waals surface area contributed by atoms with Gasteiger partial charge in [-0.3, -0.25) is 9.48 Å². The van der Waals surface area contributed by atoms with Crippen molar-refractivity contribution in [2.24, 2.45) is 0 Å². The van der Waals surface area contributed by atoms with Gasteiger partial charge in [-0.05, 0) is 43.0 Å². The Hall–Kier alpha value is -3.09. The number of benzene rings is 2. The molecule has 2 aromatic carbocycles.